The number of benzene rings is 1. The van der Waals surface area contributed by atoms with E-state index >= 15 is 4.39 Å². The summed E-state index contributed by atoms with van der Waals surface area (Å²) >= 11 is 0. The van der Waals surface area contributed by atoms with Gasteiger partial charge in [-0.2, -0.15) is 0 Å². The van der Waals surface area contributed by atoms with Crippen molar-refractivity contribution in [3.8, 4) is 11.4 Å². The number of halogens is 1. The van der Waals surface area contributed by atoms with E-state index in [4.69, 9.17) is 19.2 Å². The summed E-state index contributed by atoms with van der Waals surface area (Å²) < 4.78 is 33.7. The molecule has 254 valence electrons. The van der Waals surface area contributed by atoms with E-state index in [0.29, 0.717) is 48.3 Å². The fourth-order valence-electron chi connectivity index (χ4n) is 7.43. The maximum Gasteiger partial charge on any atom is 0.408 e. The lowest BCUT2D eigenvalue weighted by Crippen LogP contribution is -2.44. The van der Waals surface area contributed by atoms with Crippen molar-refractivity contribution in [2.45, 2.75) is 80.7 Å². The van der Waals surface area contributed by atoms with Gasteiger partial charge in [-0.1, -0.05) is 23.8 Å². The molecular weight excluding hydrogens is 672 g/mol. The van der Waals surface area contributed by atoms with E-state index in [0.717, 1.165) is 27.1 Å². The van der Waals surface area contributed by atoms with Gasteiger partial charge in [0, 0.05) is 35.4 Å². The zero-order valence-electron chi connectivity index (χ0n) is 26.8. The minimum Gasteiger partial charge on any atom is -0.458 e. The van der Waals surface area contributed by atoms with Crippen molar-refractivity contribution < 1.29 is 33.3 Å². The largest absolute Gasteiger partial charge is 0.458 e. The molecule has 4 aromatic rings. The van der Waals surface area contributed by atoms with E-state index < -0.39 is 35.4 Å². The fraction of sp³-hybridized carbons (Fsp3) is 0.400. The first kappa shape index (κ1) is 32.2. The second-order valence-corrected chi connectivity index (χ2v) is 15.2. The lowest BCUT2D eigenvalue weighted by molar-refractivity contribution is -0.172. The molecule has 0 saturated carbocycles. The molecule has 1 saturated heterocycles. The number of alkyl carbamates (subject to hydrolysis) is 1. The highest BCUT2D eigenvalue weighted by Gasteiger charge is 2.46. The smallest absolute Gasteiger partial charge is 0.408 e. The quantitative estimate of drug-likeness (QED) is 0.177. The molecule has 3 aliphatic heterocycles. The van der Waals surface area contributed by atoms with Gasteiger partial charge >= 0.3 is 12.1 Å². The average Bonchev–Trinajstić information content (AvgIpc) is 3.48. The molecule has 11 nitrogen and oxygen atoms in total. The number of ether oxygens (including phenoxy) is 3. The summed E-state index contributed by atoms with van der Waals surface area (Å²) in [6, 6.07) is 8.22. The van der Waals surface area contributed by atoms with Gasteiger partial charge in [0.15, 0.2) is 5.60 Å². The Labute approximate surface area is 288 Å². The summed E-state index contributed by atoms with van der Waals surface area (Å²) in [5.74, 6) is -1.20. The molecule has 6 heterocycles. The van der Waals surface area contributed by atoms with Crippen molar-refractivity contribution in [3.63, 3.8) is 0 Å². The van der Waals surface area contributed by atoms with Crippen molar-refractivity contribution in [3.05, 3.63) is 86.1 Å². The van der Waals surface area contributed by atoms with Crippen molar-refractivity contribution in [1.29, 1.82) is 0 Å². The number of amides is 1. The summed E-state index contributed by atoms with van der Waals surface area (Å²) in [6.07, 6.45) is 2.37. The highest BCUT2D eigenvalue weighted by Crippen LogP contribution is 2.46. The molecule has 1 amide bonds. The number of cyclic esters (lactones) is 1. The summed E-state index contributed by atoms with van der Waals surface area (Å²) in [4.78, 5) is 49.4. The number of hydrogen-bond acceptors (Lipinski definition) is 11. The molecule has 1 aliphatic carbocycles. The maximum absolute atomic E-state index is 15.3. The van der Waals surface area contributed by atoms with Gasteiger partial charge in [0.2, 0.25) is 0 Å². The Hall–Kier alpha value is -3.98. The Morgan fingerprint density at radius 3 is 2.88 bits per heavy atom. The summed E-state index contributed by atoms with van der Waals surface area (Å²) in [5, 5.41) is 16.0. The molecule has 4 aliphatic rings. The normalized spacial score (nSPS) is 23.8. The van der Waals surface area contributed by atoms with Crippen LogP contribution in [0.3, 0.4) is 0 Å². The molecule has 49 heavy (non-hydrogen) atoms. The van der Waals surface area contributed by atoms with Crippen molar-refractivity contribution in [2.75, 3.05) is 13.2 Å². The molecular formula is C35H33FN4O7S2. The first-order valence-corrected chi connectivity index (χ1v) is 18.5. The van der Waals surface area contributed by atoms with Crippen LogP contribution >= 0.6 is 21.6 Å². The van der Waals surface area contributed by atoms with Gasteiger partial charge in [-0.15, -0.1) is 0 Å². The van der Waals surface area contributed by atoms with Crippen LogP contribution < -0.4 is 10.9 Å². The minimum atomic E-state index is -1.98. The first-order valence-electron chi connectivity index (χ1n) is 16.3. The molecule has 3 aromatic heterocycles. The van der Waals surface area contributed by atoms with Crippen LogP contribution in [0.1, 0.15) is 65.6 Å². The molecule has 0 spiro atoms. The van der Waals surface area contributed by atoms with Crippen LogP contribution in [0, 0.1) is 12.7 Å². The third-order valence-corrected chi connectivity index (χ3v) is 12.9. The fourth-order valence-corrected chi connectivity index (χ4v) is 9.97. The lowest BCUT2D eigenvalue weighted by Gasteiger charge is -2.32. The number of hydrogen-bond donors (Lipinski definition) is 2. The Bertz CT molecular complexity index is 2090. The Morgan fingerprint density at radius 2 is 2.08 bits per heavy atom. The van der Waals surface area contributed by atoms with E-state index in [9.17, 15) is 19.5 Å². The molecule has 1 aromatic carbocycles. The number of nitrogens with one attached hydrogen (secondary N) is 1. The summed E-state index contributed by atoms with van der Waals surface area (Å²) in [5.41, 5.74) is 2.12. The number of aromatic nitrogens is 3. The van der Waals surface area contributed by atoms with Gasteiger partial charge in [0.1, 0.15) is 23.6 Å². The Kier molecular flexibility index (Phi) is 8.17. The number of aliphatic hydroxyl groups is 1. The van der Waals surface area contributed by atoms with Crippen molar-refractivity contribution in [1.82, 2.24) is 19.9 Å². The van der Waals surface area contributed by atoms with Crippen molar-refractivity contribution >= 4 is 44.6 Å². The number of carbonyl (C=O) groups excluding carboxylic acids is 2. The molecule has 8 rings (SSSR count). The van der Waals surface area contributed by atoms with E-state index in [1.807, 2.05) is 18.2 Å². The highest BCUT2D eigenvalue weighted by atomic mass is 33.1. The third kappa shape index (κ3) is 5.31. The molecule has 4 atom stereocenters. The standard InChI is InChI=1S/C35H33FN4O7S2/c1-3-35(44)21-12-25-31-19(14-40(25)32(41)20(21)15-46-33(35)42)30-23(8-7-18-17(2)22(36)13-24(38-31)29(18)30)39-34(43)47-26-16-45-11-9-27(26)48-49-28-6-4-5-10-37-28/h4-6,10,12-13,23,26-27,44H,3,7-9,11,14-16H2,1-2H3,(H,39,43)/t23-,26-,27-,35-/m0/s1. The highest BCUT2D eigenvalue weighted by molar-refractivity contribution is 8.76. The molecule has 0 radical (unpaired) electrons. The number of fused-ring (bicyclic) bond motifs is 5. The zero-order chi connectivity index (χ0) is 34.0. The third-order valence-electron chi connectivity index (χ3n) is 10.1. The van der Waals surface area contributed by atoms with Crippen molar-refractivity contribution in [2.24, 2.45) is 0 Å². The first-order chi connectivity index (χ1) is 23.7. The van der Waals surface area contributed by atoms with Crippen LogP contribution in [-0.2, 0) is 44.2 Å². The molecule has 0 unspecified atom stereocenters. The number of pyridine rings is 3. The summed E-state index contributed by atoms with van der Waals surface area (Å²) in [7, 11) is 3.14. The van der Waals surface area contributed by atoms with Gasteiger partial charge in [-0.3, -0.25) is 4.79 Å². The molecule has 1 fully saturated rings. The Morgan fingerprint density at radius 1 is 1.22 bits per heavy atom. The van der Waals surface area contributed by atoms with Crippen LogP contribution in [0.5, 0.6) is 0 Å². The number of aryl methyl sites for hydroxylation is 1. The van der Waals surface area contributed by atoms with Crippen LogP contribution in [0.15, 0.2) is 46.3 Å². The number of rotatable bonds is 6. The van der Waals surface area contributed by atoms with Gasteiger partial charge in [-0.25, -0.2) is 23.9 Å². The van der Waals surface area contributed by atoms with Crippen LogP contribution in [0.2, 0.25) is 0 Å². The van der Waals surface area contributed by atoms with Gasteiger partial charge in [0.05, 0.1) is 46.9 Å². The number of nitrogens with zero attached hydrogens (tertiary/aromatic N) is 3. The molecule has 14 heteroatoms. The lowest BCUT2D eigenvalue weighted by atomic mass is 9.81. The van der Waals surface area contributed by atoms with E-state index in [2.05, 4.69) is 10.3 Å². The SMILES string of the molecule is CC[C@@]1(O)C(=O)OCc2c1cc1n(c2=O)Cc2c-1nc1cc(F)c(C)c3c1c2[C@@H](NC(=O)O[C@H]1COCC[C@@H]1SSc1ccccn1)CC3. The minimum absolute atomic E-state index is 0.00822. The predicted molar refractivity (Wildman–Crippen MR) is 181 cm³/mol. The molecule has 2 N–H and O–H groups in total. The predicted octanol–water partition coefficient (Wildman–Crippen LogP) is 5.23. The average molecular weight is 705 g/mol. The zero-order valence-corrected chi connectivity index (χ0v) is 28.4. The molecule has 0 bridgehead atoms. The maximum atomic E-state index is 15.3. The van der Waals surface area contributed by atoms with E-state index in [1.165, 1.54) is 16.9 Å². The van der Waals surface area contributed by atoms with Crippen LogP contribution in [0.4, 0.5) is 9.18 Å². The monoisotopic (exact) mass is 704 g/mol. The Balaban J connectivity index is 1.15. The van der Waals surface area contributed by atoms with Gasteiger partial charge in [-0.05, 0) is 78.3 Å². The van der Waals surface area contributed by atoms with Gasteiger partial charge in [0.25, 0.3) is 5.56 Å². The van der Waals surface area contributed by atoms with Crippen LogP contribution in [-0.4, -0.2) is 56.3 Å². The van der Waals surface area contributed by atoms with Gasteiger partial charge < -0.3 is 29.2 Å². The number of carbonyl (C=O) groups is 2. The summed E-state index contributed by atoms with van der Waals surface area (Å²) in [6.45, 7) is 4.13. The second kappa shape index (κ2) is 12.4. The van der Waals surface area contributed by atoms with E-state index in [-0.39, 0.29) is 48.4 Å². The number of esters is 1. The second-order valence-electron chi connectivity index (χ2n) is 12.7. The van der Waals surface area contributed by atoms with E-state index in [1.54, 1.807) is 41.5 Å². The topological polar surface area (TPSA) is 142 Å². The van der Waals surface area contributed by atoms with Crippen LogP contribution in [0.25, 0.3) is 22.3 Å².